The van der Waals surface area contributed by atoms with Gasteiger partial charge in [-0.2, -0.15) is 0 Å². The standard InChI is InChI=1S/C22H24Cl4N2O2/c1-3-4-9-27-22(30)14(2)28(13-15-5-8-18(24)20(26)10-15)21(29)11-16-6-7-17(23)12-19(16)25/h5-8,10,12,14H,3-4,9,11,13H2,1-2H3,(H,27,30)/t14-/m1/s1. The van der Waals surface area contributed by atoms with Gasteiger partial charge in [0.2, 0.25) is 11.8 Å². The number of rotatable bonds is 9. The second-order valence-electron chi connectivity index (χ2n) is 7.00. The Hall–Kier alpha value is -1.46. The molecule has 2 rings (SSSR count). The van der Waals surface area contributed by atoms with Crippen molar-refractivity contribution in [2.24, 2.45) is 0 Å². The Morgan fingerprint density at radius 3 is 2.37 bits per heavy atom. The summed E-state index contributed by atoms with van der Waals surface area (Å²) in [6.45, 7) is 4.53. The largest absolute Gasteiger partial charge is 0.354 e. The van der Waals surface area contributed by atoms with Crippen molar-refractivity contribution in [2.45, 2.75) is 45.7 Å². The van der Waals surface area contributed by atoms with Crippen LogP contribution in [-0.2, 0) is 22.6 Å². The van der Waals surface area contributed by atoms with E-state index in [0.29, 0.717) is 32.2 Å². The van der Waals surface area contributed by atoms with Gasteiger partial charge in [0.25, 0.3) is 0 Å². The second-order valence-corrected chi connectivity index (χ2v) is 8.66. The monoisotopic (exact) mass is 488 g/mol. The number of carbonyl (C=O) groups excluding carboxylic acids is 2. The molecule has 0 fully saturated rings. The molecule has 1 N–H and O–H groups in total. The molecule has 0 spiro atoms. The van der Waals surface area contributed by atoms with Crippen LogP contribution in [0.15, 0.2) is 36.4 Å². The minimum absolute atomic E-state index is 0.0455. The smallest absolute Gasteiger partial charge is 0.242 e. The van der Waals surface area contributed by atoms with Gasteiger partial charge in [-0.1, -0.05) is 71.9 Å². The molecule has 0 saturated carbocycles. The molecule has 30 heavy (non-hydrogen) atoms. The van der Waals surface area contributed by atoms with Gasteiger partial charge in [-0.3, -0.25) is 9.59 Å². The molecule has 162 valence electrons. The van der Waals surface area contributed by atoms with Crippen LogP contribution in [-0.4, -0.2) is 29.3 Å². The lowest BCUT2D eigenvalue weighted by Crippen LogP contribution is -2.48. The molecule has 0 unspecified atom stereocenters. The Morgan fingerprint density at radius 2 is 1.73 bits per heavy atom. The molecule has 0 aliphatic carbocycles. The van der Waals surface area contributed by atoms with E-state index in [-0.39, 0.29) is 24.8 Å². The van der Waals surface area contributed by atoms with Crippen molar-refractivity contribution < 1.29 is 9.59 Å². The molecule has 0 saturated heterocycles. The Bertz CT molecular complexity index is 905. The zero-order chi connectivity index (χ0) is 22.3. The minimum atomic E-state index is -0.671. The Balaban J connectivity index is 2.25. The first kappa shape index (κ1) is 24.8. The maximum absolute atomic E-state index is 13.2. The summed E-state index contributed by atoms with van der Waals surface area (Å²) in [5.74, 6) is -0.442. The highest BCUT2D eigenvalue weighted by Crippen LogP contribution is 2.25. The van der Waals surface area contributed by atoms with E-state index in [0.717, 1.165) is 18.4 Å². The average molecular weight is 490 g/mol. The third-order valence-corrected chi connectivity index (χ3v) is 6.02. The van der Waals surface area contributed by atoms with Crippen molar-refractivity contribution in [2.75, 3.05) is 6.54 Å². The van der Waals surface area contributed by atoms with E-state index in [2.05, 4.69) is 5.32 Å². The third-order valence-electron chi connectivity index (χ3n) is 4.69. The van der Waals surface area contributed by atoms with Crippen molar-refractivity contribution in [3.8, 4) is 0 Å². The maximum atomic E-state index is 13.2. The van der Waals surface area contributed by atoms with Gasteiger partial charge in [0, 0.05) is 23.1 Å². The molecule has 0 radical (unpaired) electrons. The minimum Gasteiger partial charge on any atom is -0.354 e. The number of nitrogens with one attached hydrogen (secondary N) is 1. The third kappa shape index (κ3) is 7.05. The van der Waals surface area contributed by atoms with Gasteiger partial charge in [0.1, 0.15) is 6.04 Å². The SMILES string of the molecule is CCCCNC(=O)[C@@H](C)N(Cc1ccc(Cl)c(Cl)c1)C(=O)Cc1ccc(Cl)cc1Cl. The summed E-state index contributed by atoms with van der Waals surface area (Å²) in [6.07, 6.45) is 1.89. The number of unbranched alkanes of at least 4 members (excludes halogenated alkanes) is 1. The number of benzene rings is 2. The van der Waals surface area contributed by atoms with Crippen LogP contribution in [0.25, 0.3) is 0 Å². The predicted molar refractivity (Wildman–Crippen MR) is 125 cm³/mol. The number of carbonyl (C=O) groups is 2. The van der Waals surface area contributed by atoms with Crippen LogP contribution in [0.2, 0.25) is 20.1 Å². The number of halogens is 4. The Labute approximate surface area is 197 Å². The first-order valence-corrected chi connectivity index (χ1v) is 11.2. The van der Waals surface area contributed by atoms with Crippen molar-refractivity contribution in [1.82, 2.24) is 10.2 Å². The number of hydrogen-bond acceptors (Lipinski definition) is 2. The van der Waals surface area contributed by atoms with Crippen LogP contribution < -0.4 is 5.32 Å². The van der Waals surface area contributed by atoms with E-state index in [1.165, 1.54) is 4.90 Å². The number of amides is 2. The van der Waals surface area contributed by atoms with E-state index >= 15 is 0 Å². The summed E-state index contributed by atoms with van der Waals surface area (Å²) in [5, 5.41) is 4.60. The summed E-state index contributed by atoms with van der Waals surface area (Å²) in [5.41, 5.74) is 1.41. The molecule has 4 nitrogen and oxygen atoms in total. The van der Waals surface area contributed by atoms with Crippen LogP contribution in [0.4, 0.5) is 0 Å². The molecule has 1 atom stereocenters. The maximum Gasteiger partial charge on any atom is 0.242 e. The lowest BCUT2D eigenvalue weighted by Gasteiger charge is -2.29. The quantitative estimate of drug-likeness (QED) is 0.427. The Morgan fingerprint density at radius 1 is 1.00 bits per heavy atom. The molecule has 0 aromatic heterocycles. The fourth-order valence-corrected chi connectivity index (χ4v) is 3.68. The molecule has 0 bridgehead atoms. The van der Waals surface area contributed by atoms with E-state index in [1.54, 1.807) is 43.3 Å². The van der Waals surface area contributed by atoms with Gasteiger partial charge in [-0.05, 0) is 48.7 Å². The molecule has 2 aromatic carbocycles. The molecule has 0 aliphatic rings. The molecule has 2 aromatic rings. The summed E-state index contributed by atoms with van der Waals surface area (Å²) in [4.78, 5) is 27.3. The molecular weight excluding hydrogens is 466 g/mol. The lowest BCUT2D eigenvalue weighted by molar-refractivity contribution is -0.140. The molecular formula is C22H24Cl4N2O2. The van der Waals surface area contributed by atoms with E-state index in [1.807, 2.05) is 6.92 Å². The Kier molecular flexibility index (Phi) is 9.76. The van der Waals surface area contributed by atoms with Crippen molar-refractivity contribution in [1.29, 1.82) is 0 Å². The predicted octanol–water partition coefficient (Wildman–Crippen LogP) is 6.18. The molecule has 2 amide bonds. The van der Waals surface area contributed by atoms with E-state index < -0.39 is 6.04 Å². The summed E-state index contributed by atoms with van der Waals surface area (Å²) in [7, 11) is 0. The van der Waals surface area contributed by atoms with Gasteiger partial charge < -0.3 is 10.2 Å². The van der Waals surface area contributed by atoms with E-state index in [4.69, 9.17) is 46.4 Å². The molecule has 0 heterocycles. The summed E-state index contributed by atoms with van der Waals surface area (Å²) in [6, 6.07) is 9.47. The van der Waals surface area contributed by atoms with Crippen LogP contribution in [0.5, 0.6) is 0 Å². The van der Waals surface area contributed by atoms with Crippen LogP contribution in [0.1, 0.15) is 37.8 Å². The van der Waals surface area contributed by atoms with Gasteiger partial charge in [-0.15, -0.1) is 0 Å². The number of nitrogens with zero attached hydrogens (tertiary/aromatic N) is 1. The zero-order valence-electron chi connectivity index (χ0n) is 16.9. The average Bonchev–Trinajstić information content (AvgIpc) is 2.70. The van der Waals surface area contributed by atoms with Crippen LogP contribution in [0, 0.1) is 0 Å². The summed E-state index contributed by atoms with van der Waals surface area (Å²) < 4.78 is 0. The van der Waals surface area contributed by atoms with Gasteiger partial charge in [0.05, 0.1) is 16.5 Å². The highest BCUT2D eigenvalue weighted by atomic mass is 35.5. The van der Waals surface area contributed by atoms with Gasteiger partial charge in [0.15, 0.2) is 0 Å². The van der Waals surface area contributed by atoms with Crippen molar-refractivity contribution in [3.63, 3.8) is 0 Å². The van der Waals surface area contributed by atoms with Gasteiger partial charge in [-0.25, -0.2) is 0 Å². The molecule has 0 aliphatic heterocycles. The fraction of sp³-hybridized carbons (Fsp3) is 0.364. The van der Waals surface area contributed by atoms with Gasteiger partial charge >= 0.3 is 0 Å². The van der Waals surface area contributed by atoms with Crippen LogP contribution in [0.3, 0.4) is 0 Å². The van der Waals surface area contributed by atoms with Crippen molar-refractivity contribution in [3.05, 3.63) is 67.6 Å². The normalized spacial score (nSPS) is 11.8. The lowest BCUT2D eigenvalue weighted by atomic mass is 10.1. The number of hydrogen-bond donors (Lipinski definition) is 1. The topological polar surface area (TPSA) is 49.4 Å². The van der Waals surface area contributed by atoms with Crippen molar-refractivity contribution >= 4 is 58.2 Å². The zero-order valence-corrected chi connectivity index (χ0v) is 19.9. The second kappa shape index (κ2) is 11.8. The van der Waals surface area contributed by atoms with Crippen LogP contribution >= 0.6 is 46.4 Å². The highest BCUT2D eigenvalue weighted by molar-refractivity contribution is 6.42. The summed E-state index contributed by atoms with van der Waals surface area (Å²) >= 11 is 24.3. The fourth-order valence-electron chi connectivity index (χ4n) is 2.88. The first-order valence-electron chi connectivity index (χ1n) is 9.68. The molecule has 8 heteroatoms. The first-order chi connectivity index (χ1) is 14.2. The van der Waals surface area contributed by atoms with E-state index in [9.17, 15) is 9.59 Å². The highest BCUT2D eigenvalue weighted by Gasteiger charge is 2.26.